The molecule has 0 unspecified atom stereocenters. The Hall–Kier alpha value is -1.58. The zero-order valence-electron chi connectivity index (χ0n) is 7.55. The predicted molar refractivity (Wildman–Crippen MR) is 59.1 cm³/mol. The standard InChI is InChI=1S/C8H3FIN3O3/c9-6-3-4(13(14)15)1-2-5(6)7-11-12-8(10)16-7/h1-3H. The van der Waals surface area contributed by atoms with Crippen molar-refractivity contribution >= 4 is 28.3 Å². The third-order valence-corrected chi connectivity index (χ3v) is 2.23. The SMILES string of the molecule is O=[N+]([O-])c1ccc(-c2nnc(I)o2)c(F)c1. The van der Waals surface area contributed by atoms with Crippen LogP contribution in [0.25, 0.3) is 11.5 Å². The maximum absolute atomic E-state index is 13.5. The van der Waals surface area contributed by atoms with Gasteiger partial charge in [0.05, 0.1) is 16.6 Å². The molecule has 6 nitrogen and oxygen atoms in total. The highest BCUT2D eigenvalue weighted by molar-refractivity contribution is 14.1. The molecule has 0 radical (unpaired) electrons. The lowest BCUT2D eigenvalue weighted by Crippen LogP contribution is -1.91. The molecule has 0 fully saturated rings. The van der Waals surface area contributed by atoms with Crippen molar-refractivity contribution in [3.63, 3.8) is 0 Å². The van der Waals surface area contributed by atoms with Crippen molar-refractivity contribution < 1.29 is 13.7 Å². The summed E-state index contributed by atoms with van der Waals surface area (Å²) in [4.78, 5) is 9.72. The van der Waals surface area contributed by atoms with E-state index in [0.717, 1.165) is 6.07 Å². The second-order valence-corrected chi connectivity index (χ2v) is 3.70. The van der Waals surface area contributed by atoms with Gasteiger partial charge in [0.1, 0.15) is 5.82 Å². The van der Waals surface area contributed by atoms with Crippen molar-refractivity contribution in [2.45, 2.75) is 0 Å². The quantitative estimate of drug-likeness (QED) is 0.478. The monoisotopic (exact) mass is 335 g/mol. The molecule has 2 rings (SSSR count). The van der Waals surface area contributed by atoms with E-state index < -0.39 is 10.7 Å². The van der Waals surface area contributed by atoms with E-state index >= 15 is 0 Å². The van der Waals surface area contributed by atoms with Crippen LogP contribution in [-0.4, -0.2) is 15.1 Å². The van der Waals surface area contributed by atoms with Crippen molar-refractivity contribution in [1.82, 2.24) is 10.2 Å². The maximum atomic E-state index is 13.5. The molecule has 0 atom stereocenters. The smallest absolute Gasteiger partial charge is 0.278 e. The number of hydrogen-bond acceptors (Lipinski definition) is 5. The Morgan fingerprint density at radius 2 is 2.19 bits per heavy atom. The minimum absolute atomic E-state index is 0.00296. The minimum atomic E-state index is -0.769. The van der Waals surface area contributed by atoms with Gasteiger partial charge in [0, 0.05) is 28.7 Å². The molecular formula is C8H3FIN3O3. The van der Waals surface area contributed by atoms with Gasteiger partial charge in [0.2, 0.25) is 0 Å². The summed E-state index contributed by atoms with van der Waals surface area (Å²) in [6.07, 6.45) is 0. The van der Waals surface area contributed by atoms with E-state index in [1.807, 2.05) is 0 Å². The molecule has 0 spiro atoms. The van der Waals surface area contributed by atoms with Gasteiger partial charge in [-0.2, -0.15) is 0 Å². The number of aromatic nitrogens is 2. The molecular weight excluding hydrogens is 332 g/mol. The van der Waals surface area contributed by atoms with Crippen LogP contribution in [0.5, 0.6) is 0 Å². The highest BCUT2D eigenvalue weighted by Gasteiger charge is 2.15. The summed E-state index contributed by atoms with van der Waals surface area (Å²) in [6.45, 7) is 0. The number of nitro groups is 1. The lowest BCUT2D eigenvalue weighted by atomic mass is 10.2. The summed E-state index contributed by atoms with van der Waals surface area (Å²) in [5, 5.41) is 17.5. The average Bonchev–Trinajstić information content (AvgIpc) is 2.64. The van der Waals surface area contributed by atoms with E-state index in [-0.39, 0.29) is 21.0 Å². The second-order valence-electron chi connectivity index (χ2n) is 2.78. The van der Waals surface area contributed by atoms with E-state index in [2.05, 4.69) is 10.2 Å². The van der Waals surface area contributed by atoms with Gasteiger partial charge < -0.3 is 4.42 Å². The molecule has 0 bridgehead atoms. The molecule has 1 heterocycles. The molecule has 0 N–H and O–H groups in total. The van der Waals surface area contributed by atoms with E-state index in [9.17, 15) is 14.5 Å². The van der Waals surface area contributed by atoms with Crippen LogP contribution in [0.15, 0.2) is 22.6 Å². The molecule has 1 aromatic heterocycles. The van der Waals surface area contributed by atoms with Crippen molar-refractivity contribution in [1.29, 1.82) is 0 Å². The van der Waals surface area contributed by atoms with Crippen LogP contribution in [0.3, 0.4) is 0 Å². The van der Waals surface area contributed by atoms with Gasteiger partial charge in [0.15, 0.2) is 0 Å². The fourth-order valence-corrected chi connectivity index (χ4v) is 1.42. The first-order valence-corrected chi connectivity index (χ1v) is 5.09. The Bertz CT molecular complexity index is 557. The van der Waals surface area contributed by atoms with Crippen LogP contribution >= 0.6 is 22.6 Å². The van der Waals surface area contributed by atoms with Crippen LogP contribution < -0.4 is 0 Å². The van der Waals surface area contributed by atoms with E-state index in [4.69, 9.17) is 4.42 Å². The topological polar surface area (TPSA) is 82.1 Å². The molecule has 0 aliphatic rings. The number of halogens is 2. The lowest BCUT2D eigenvalue weighted by Gasteiger charge is -1.96. The highest BCUT2D eigenvalue weighted by atomic mass is 127. The van der Waals surface area contributed by atoms with Crippen molar-refractivity contribution in [3.05, 3.63) is 38.0 Å². The van der Waals surface area contributed by atoms with Crippen LogP contribution in [-0.2, 0) is 0 Å². The van der Waals surface area contributed by atoms with Crippen molar-refractivity contribution in [3.8, 4) is 11.5 Å². The number of hydrogen-bond donors (Lipinski definition) is 0. The molecule has 1 aromatic carbocycles. The maximum Gasteiger partial charge on any atom is 0.278 e. The lowest BCUT2D eigenvalue weighted by molar-refractivity contribution is -0.385. The van der Waals surface area contributed by atoms with Gasteiger partial charge in [-0.15, -0.1) is 10.2 Å². The van der Waals surface area contributed by atoms with Gasteiger partial charge in [-0.3, -0.25) is 10.1 Å². The molecule has 82 valence electrons. The third kappa shape index (κ3) is 2.01. The number of nitrogens with zero attached hydrogens (tertiary/aromatic N) is 3. The van der Waals surface area contributed by atoms with E-state index in [1.54, 1.807) is 22.6 Å². The van der Waals surface area contributed by atoms with Crippen LogP contribution in [0.4, 0.5) is 10.1 Å². The average molecular weight is 335 g/mol. The molecule has 2 aromatic rings. The first-order valence-electron chi connectivity index (χ1n) is 4.01. The van der Waals surface area contributed by atoms with Crippen LogP contribution in [0.1, 0.15) is 0 Å². The molecule has 0 amide bonds. The Morgan fingerprint density at radius 1 is 1.44 bits per heavy atom. The third-order valence-electron chi connectivity index (χ3n) is 1.79. The zero-order valence-corrected chi connectivity index (χ0v) is 9.71. The number of non-ortho nitro benzene ring substituents is 1. The van der Waals surface area contributed by atoms with Crippen molar-refractivity contribution in [2.75, 3.05) is 0 Å². The fourth-order valence-electron chi connectivity index (χ4n) is 1.11. The summed E-state index contributed by atoms with van der Waals surface area (Å²) in [7, 11) is 0. The van der Waals surface area contributed by atoms with Gasteiger partial charge in [-0.25, -0.2) is 4.39 Å². The molecule has 0 aliphatic carbocycles. The first kappa shape index (κ1) is 10.9. The van der Waals surface area contributed by atoms with Gasteiger partial charge in [-0.05, 0) is 6.07 Å². The van der Waals surface area contributed by atoms with Crippen molar-refractivity contribution in [2.24, 2.45) is 0 Å². The Balaban J connectivity index is 2.47. The summed E-state index contributed by atoms with van der Waals surface area (Å²) in [6, 6.07) is 3.22. The number of rotatable bonds is 2. The summed E-state index contributed by atoms with van der Waals surface area (Å²) in [5.74, 6) is -0.772. The largest absolute Gasteiger partial charge is 0.412 e. The zero-order chi connectivity index (χ0) is 11.7. The number of benzene rings is 1. The minimum Gasteiger partial charge on any atom is -0.412 e. The Labute approximate surface area is 102 Å². The Kier molecular flexibility index (Phi) is 2.81. The molecule has 0 saturated carbocycles. The molecule has 16 heavy (non-hydrogen) atoms. The summed E-state index contributed by atoms with van der Waals surface area (Å²) < 4.78 is 18.7. The van der Waals surface area contributed by atoms with Gasteiger partial charge in [0.25, 0.3) is 15.5 Å². The normalized spacial score (nSPS) is 10.4. The first-order chi connectivity index (χ1) is 7.58. The summed E-state index contributed by atoms with van der Waals surface area (Å²) in [5.41, 5.74) is -0.281. The number of nitro benzene ring substituents is 1. The Morgan fingerprint density at radius 3 is 2.69 bits per heavy atom. The van der Waals surface area contributed by atoms with E-state index in [0.29, 0.717) is 0 Å². The van der Waals surface area contributed by atoms with Crippen LogP contribution in [0.2, 0.25) is 0 Å². The highest BCUT2D eigenvalue weighted by Crippen LogP contribution is 2.25. The van der Waals surface area contributed by atoms with Crippen LogP contribution in [0, 0.1) is 19.8 Å². The summed E-state index contributed by atoms with van der Waals surface area (Å²) >= 11 is 1.79. The molecule has 8 heteroatoms. The molecule has 0 saturated heterocycles. The predicted octanol–water partition coefficient (Wildman–Crippen LogP) is 2.39. The molecule has 0 aliphatic heterocycles. The van der Waals surface area contributed by atoms with Gasteiger partial charge in [-0.1, -0.05) is 0 Å². The van der Waals surface area contributed by atoms with E-state index in [1.165, 1.54) is 12.1 Å². The fraction of sp³-hybridized carbons (Fsp3) is 0. The second kappa shape index (κ2) is 4.12. The van der Waals surface area contributed by atoms with Gasteiger partial charge >= 0.3 is 0 Å².